The molecule has 2 rings (SSSR count). The summed E-state index contributed by atoms with van der Waals surface area (Å²) in [5.74, 6) is 0.0308. The zero-order chi connectivity index (χ0) is 12.4. The molecular weight excluding hydrogens is 222 g/mol. The van der Waals surface area contributed by atoms with Crippen LogP contribution in [0.4, 0.5) is 5.82 Å². The SMILES string of the molecule is Cc1nc(C)c(C(=O)Nc2ncccc2O)o1. The Balaban J connectivity index is 2.23. The molecule has 0 aliphatic carbocycles. The Bertz CT molecular complexity index is 563. The van der Waals surface area contributed by atoms with Gasteiger partial charge in [-0.3, -0.25) is 4.79 Å². The number of carbonyl (C=O) groups excluding carboxylic acids is 1. The van der Waals surface area contributed by atoms with Crippen molar-refractivity contribution in [1.82, 2.24) is 9.97 Å². The Kier molecular flexibility index (Phi) is 2.78. The monoisotopic (exact) mass is 233 g/mol. The highest BCUT2D eigenvalue weighted by molar-refractivity contribution is 6.03. The normalized spacial score (nSPS) is 10.2. The molecule has 0 bridgehead atoms. The van der Waals surface area contributed by atoms with Gasteiger partial charge >= 0.3 is 0 Å². The third-order valence-corrected chi connectivity index (χ3v) is 2.13. The van der Waals surface area contributed by atoms with Crippen molar-refractivity contribution in [3.8, 4) is 5.75 Å². The van der Waals surface area contributed by atoms with Gasteiger partial charge in [-0.15, -0.1) is 0 Å². The first-order valence-electron chi connectivity index (χ1n) is 4.97. The van der Waals surface area contributed by atoms with Crippen LogP contribution >= 0.6 is 0 Å². The maximum Gasteiger partial charge on any atom is 0.294 e. The Morgan fingerprint density at radius 2 is 2.24 bits per heavy atom. The van der Waals surface area contributed by atoms with Crippen LogP contribution in [-0.2, 0) is 0 Å². The summed E-state index contributed by atoms with van der Waals surface area (Å²) in [5.41, 5.74) is 0.496. The van der Waals surface area contributed by atoms with Gasteiger partial charge in [0.25, 0.3) is 5.91 Å². The molecule has 6 heteroatoms. The summed E-state index contributed by atoms with van der Waals surface area (Å²) in [6, 6.07) is 3.00. The van der Waals surface area contributed by atoms with E-state index in [1.807, 2.05) is 0 Å². The first kappa shape index (κ1) is 11.1. The third kappa shape index (κ3) is 2.25. The number of nitrogens with one attached hydrogen (secondary N) is 1. The highest BCUT2D eigenvalue weighted by Crippen LogP contribution is 2.20. The zero-order valence-corrected chi connectivity index (χ0v) is 9.39. The number of nitrogens with zero attached hydrogens (tertiary/aromatic N) is 2. The number of aryl methyl sites for hydroxylation is 2. The predicted octanol–water partition coefficient (Wildman–Crippen LogP) is 1.64. The number of hydrogen-bond donors (Lipinski definition) is 2. The summed E-state index contributed by atoms with van der Waals surface area (Å²) in [6.07, 6.45) is 1.47. The average Bonchev–Trinajstić information content (AvgIpc) is 2.61. The molecule has 1 amide bonds. The predicted molar refractivity (Wildman–Crippen MR) is 59.8 cm³/mol. The fourth-order valence-corrected chi connectivity index (χ4v) is 1.40. The minimum absolute atomic E-state index is 0.0888. The van der Waals surface area contributed by atoms with Crippen molar-refractivity contribution >= 4 is 11.7 Å². The Hall–Kier alpha value is -2.37. The molecule has 0 radical (unpaired) electrons. The lowest BCUT2D eigenvalue weighted by Gasteiger charge is -2.03. The van der Waals surface area contributed by atoms with Crippen molar-refractivity contribution in [2.75, 3.05) is 5.32 Å². The van der Waals surface area contributed by atoms with Crippen LogP contribution in [0.15, 0.2) is 22.7 Å². The van der Waals surface area contributed by atoms with Gasteiger partial charge in [0.15, 0.2) is 17.5 Å². The smallest absolute Gasteiger partial charge is 0.294 e. The molecule has 0 saturated carbocycles. The van der Waals surface area contributed by atoms with Gasteiger partial charge in [-0.25, -0.2) is 9.97 Å². The highest BCUT2D eigenvalue weighted by atomic mass is 16.4. The largest absolute Gasteiger partial charge is 0.504 e. The molecule has 2 aromatic heterocycles. The molecule has 6 nitrogen and oxygen atoms in total. The number of rotatable bonds is 2. The van der Waals surface area contributed by atoms with E-state index in [0.29, 0.717) is 11.6 Å². The van der Waals surface area contributed by atoms with Crippen molar-refractivity contribution in [1.29, 1.82) is 0 Å². The molecule has 0 fully saturated rings. The van der Waals surface area contributed by atoms with Crippen molar-refractivity contribution in [2.24, 2.45) is 0 Å². The first-order chi connectivity index (χ1) is 8.08. The van der Waals surface area contributed by atoms with Crippen LogP contribution in [-0.4, -0.2) is 21.0 Å². The van der Waals surface area contributed by atoms with Gasteiger partial charge in [0, 0.05) is 13.1 Å². The molecule has 0 atom stereocenters. The molecule has 0 aliphatic heterocycles. The number of hydrogen-bond acceptors (Lipinski definition) is 5. The van der Waals surface area contributed by atoms with Crippen LogP contribution in [0, 0.1) is 13.8 Å². The summed E-state index contributed by atoms with van der Waals surface area (Å²) in [7, 11) is 0. The molecule has 0 saturated heterocycles. The Labute approximate surface area is 97.3 Å². The van der Waals surface area contributed by atoms with E-state index in [4.69, 9.17) is 4.42 Å². The molecule has 0 aliphatic rings. The standard InChI is InChI=1S/C11H11N3O3/c1-6-9(17-7(2)13-6)11(16)14-10-8(15)4-3-5-12-10/h3-5,15H,1-2H3,(H,12,14,16). The minimum Gasteiger partial charge on any atom is -0.504 e. The number of carbonyl (C=O) groups is 1. The summed E-state index contributed by atoms with van der Waals surface area (Å²) in [5, 5.41) is 11.9. The summed E-state index contributed by atoms with van der Waals surface area (Å²) < 4.78 is 5.16. The van der Waals surface area contributed by atoms with Crippen LogP contribution < -0.4 is 5.32 Å². The second-order valence-electron chi connectivity index (χ2n) is 3.47. The molecule has 88 valence electrons. The zero-order valence-electron chi connectivity index (χ0n) is 9.39. The van der Waals surface area contributed by atoms with Gasteiger partial charge in [0.1, 0.15) is 0 Å². The number of amides is 1. The van der Waals surface area contributed by atoms with Crippen LogP contribution in [0.2, 0.25) is 0 Å². The van der Waals surface area contributed by atoms with E-state index in [9.17, 15) is 9.90 Å². The van der Waals surface area contributed by atoms with E-state index in [1.54, 1.807) is 19.9 Å². The topological polar surface area (TPSA) is 88.2 Å². The summed E-state index contributed by atoms with van der Waals surface area (Å²) in [4.78, 5) is 19.6. The van der Waals surface area contributed by atoms with Gasteiger partial charge in [-0.2, -0.15) is 0 Å². The van der Waals surface area contributed by atoms with Crippen LogP contribution in [0.1, 0.15) is 22.1 Å². The molecule has 2 N–H and O–H groups in total. The van der Waals surface area contributed by atoms with Gasteiger partial charge in [0.05, 0.1) is 5.69 Å². The lowest BCUT2D eigenvalue weighted by Crippen LogP contribution is -2.13. The van der Waals surface area contributed by atoms with Crippen LogP contribution in [0.3, 0.4) is 0 Å². The molecule has 2 heterocycles. The van der Waals surface area contributed by atoms with Crippen LogP contribution in [0.5, 0.6) is 5.75 Å². The minimum atomic E-state index is -0.489. The van der Waals surface area contributed by atoms with Crippen molar-refractivity contribution in [3.05, 3.63) is 35.7 Å². The maximum absolute atomic E-state index is 11.8. The van der Waals surface area contributed by atoms with Gasteiger partial charge in [-0.1, -0.05) is 0 Å². The Morgan fingerprint density at radius 3 is 2.82 bits per heavy atom. The first-order valence-corrected chi connectivity index (χ1v) is 4.97. The van der Waals surface area contributed by atoms with Crippen LogP contribution in [0.25, 0.3) is 0 Å². The summed E-state index contributed by atoms with van der Waals surface area (Å²) >= 11 is 0. The number of anilines is 1. The molecule has 17 heavy (non-hydrogen) atoms. The van der Waals surface area contributed by atoms with E-state index >= 15 is 0 Å². The van der Waals surface area contributed by atoms with E-state index in [2.05, 4.69) is 15.3 Å². The number of oxazole rings is 1. The molecular formula is C11H11N3O3. The number of aromatic hydroxyl groups is 1. The second kappa shape index (κ2) is 4.25. The quantitative estimate of drug-likeness (QED) is 0.823. The maximum atomic E-state index is 11.8. The number of aromatic nitrogens is 2. The lowest BCUT2D eigenvalue weighted by atomic mass is 10.3. The fourth-order valence-electron chi connectivity index (χ4n) is 1.40. The van der Waals surface area contributed by atoms with Crippen molar-refractivity contribution < 1.29 is 14.3 Å². The van der Waals surface area contributed by atoms with Crippen molar-refractivity contribution in [3.63, 3.8) is 0 Å². The lowest BCUT2D eigenvalue weighted by molar-refractivity contribution is 0.0993. The van der Waals surface area contributed by atoms with E-state index < -0.39 is 5.91 Å². The number of pyridine rings is 1. The average molecular weight is 233 g/mol. The van der Waals surface area contributed by atoms with Gasteiger partial charge < -0.3 is 14.8 Å². The third-order valence-electron chi connectivity index (χ3n) is 2.13. The molecule has 0 unspecified atom stereocenters. The molecule has 0 spiro atoms. The van der Waals surface area contributed by atoms with Gasteiger partial charge in [0.2, 0.25) is 5.76 Å². The van der Waals surface area contributed by atoms with Crippen molar-refractivity contribution in [2.45, 2.75) is 13.8 Å². The molecule has 2 aromatic rings. The van der Waals surface area contributed by atoms with Gasteiger partial charge in [-0.05, 0) is 19.1 Å². The van der Waals surface area contributed by atoms with E-state index in [1.165, 1.54) is 12.3 Å². The Morgan fingerprint density at radius 1 is 1.47 bits per heavy atom. The van der Waals surface area contributed by atoms with E-state index in [-0.39, 0.29) is 17.3 Å². The summed E-state index contributed by atoms with van der Waals surface area (Å²) in [6.45, 7) is 3.33. The fraction of sp³-hybridized carbons (Fsp3) is 0.182. The van der Waals surface area contributed by atoms with E-state index in [0.717, 1.165) is 0 Å². The second-order valence-corrected chi connectivity index (χ2v) is 3.47. The molecule has 0 aromatic carbocycles. The highest BCUT2D eigenvalue weighted by Gasteiger charge is 2.17.